The molecule has 0 saturated heterocycles. The Bertz CT molecular complexity index is 526. The zero-order valence-electron chi connectivity index (χ0n) is 9.15. The average Bonchev–Trinajstić information content (AvgIpc) is 2.98. The summed E-state index contributed by atoms with van der Waals surface area (Å²) in [7, 11) is 0. The van der Waals surface area contributed by atoms with E-state index in [9.17, 15) is 4.39 Å². The Labute approximate surface area is 93.7 Å². The first kappa shape index (κ1) is 9.58. The van der Waals surface area contributed by atoms with Crippen LogP contribution in [0, 0.1) is 12.7 Å². The number of halogens is 1. The van der Waals surface area contributed by atoms with Gasteiger partial charge in [-0.05, 0) is 37.5 Å². The Balaban J connectivity index is 2.10. The van der Waals surface area contributed by atoms with Crippen LogP contribution in [0.15, 0.2) is 30.6 Å². The van der Waals surface area contributed by atoms with Crippen LogP contribution in [-0.4, -0.2) is 9.55 Å². The molecule has 3 rings (SSSR count). The molecule has 16 heavy (non-hydrogen) atoms. The third kappa shape index (κ3) is 1.52. The van der Waals surface area contributed by atoms with Crippen molar-refractivity contribution in [3.05, 3.63) is 42.0 Å². The molecule has 1 aromatic heterocycles. The molecule has 0 N–H and O–H groups in total. The number of hydrogen-bond acceptors (Lipinski definition) is 1. The summed E-state index contributed by atoms with van der Waals surface area (Å²) in [6.45, 7) is 1.89. The van der Waals surface area contributed by atoms with E-state index in [-0.39, 0.29) is 5.82 Å². The fraction of sp³-hybridized carbons (Fsp3) is 0.308. The van der Waals surface area contributed by atoms with Gasteiger partial charge in [0.1, 0.15) is 11.6 Å². The summed E-state index contributed by atoms with van der Waals surface area (Å²) in [6, 6.07) is 5.82. The van der Waals surface area contributed by atoms with Crippen LogP contribution in [0.25, 0.3) is 11.4 Å². The average molecular weight is 216 g/mol. The van der Waals surface area contributed by atoms with Crippen molar-refractivity contribution in [3.8, 4) is 11.4 Å². The minimum absolute atomic E-state index is 0.187. The maximum atomic E-state index is 13.8. The summed E-state index contributed by atoms with van der Waals surface area (Å²) in [5, 5.41) is 0. The van der Waals surface area contributed by atoms with E-state index in [1.165, 1.54) is 12.8 Å². The molecular formula is C13H13FN2. The lowest BCUT2D eigenvalue weighted by Crippen LogP contribution is -1.98. The molecule has 0 bridgehead atoms. The van der Waals surface area contributed by atoms with Gasteiger partial charge >= 0.3 is 0 Å². The van der Waals surface area contributed by atoms with Gasteiger partial charge in [-0.25, -0.2) is 9.37 Å². The number of hydrogen-bond donors (Lipinski definition) is 0. The molecule has 0 spiro atoms. The lowest BCUT2D eigenvalue weighted by molar-refractivity contribution is 0.625. The summed E-state index contributed by atoms with van der Waals surface area (Å²) in [4.78, 5) is 4.26. The Morgan fingerprint density at radius 2 is 2.19 bits per heavy atom. The molecule has 0 radical (unpaired) electrons. The number of nitrogens with zero attached hydrogens (tertiary/aromatic N) is 2. The first-order chi connectivity index (χ1) is 7.75. The second-order valence-electron chi connectivity index (χ2n) is 4.37. The minimum Gasteiger partial charge on any atom is -0.328 e. The monoisotopic (exact) mass is 216 g/mol. The Morgan fingerprint density at radius 3 is 2.88 bits per heavy atom. The highest BCUT2D eigenvalue weighted by Crippen LogP contribution is 2.38. The van der Waals surface area contributed by atoms with Crippen LogP contribution >= 0.6 is 0 Å². The molecule has 2 aromatic rings. The summed E-state index contributed by atoms with van der Waals surface area (Å²) in [5.74, 6) is 0.563. The highest BCUT2D eigenvalue weighted by Gasteiger charge is 2.26. The molecule has 0 aliphatic heterocycles. The predicted molar refractivity (Wildman–Crippen MR) is 60.6 cm³/mol. The van der Waals surface area contributed by atoms with E-state index in [0.717, 1.165) is 11.4 Å². The van der Waals surface area contributed by atoms with E-state index in [1.807, 2.05) is 25.3 Å². The van der Waals surface area contributed by atoms with E-state index in [2.05, 4.69) is 9.55 Å². The first-order valence-electron chi connectivity index (χ1n) is 5.55. The van der Waals surface area contributed by atoms with Gasteiger partial charge in [-0.15, -0.1) is 0 Å². The summed E-state index contributed by atoms with van der Waals surface area (Å²) in [6.07, 6.45) is 6.03. The van der Waals surface area contributed by atoms with Crippen molar-refractivity contribution in [2.75, 3.05) is 0 Å². The predicted octanol–water partition coefficient (Wildman–Crippen LogP) is 3.33. The van der Waals surface area contributed by atoms with Gasteiger partial charge in [0.05, 0.1) is 5.56 Å². The third-order valence-electron chi connectivity index (χ3n) is 2.97. The zero-order chi connectivity index (χ0) is 11.1. The van der Waals surface area contributed by atoms with Crippen LogP contribution < -0.4 is 0 Å². The summed E-state index contributed by atoms with van der Waals surface area (Å²) >= 11 is 0. The fourth-order valence-electron chi connectivity index (χ4n) is 1.97. The highest BCUT2D eigenvalue weighted by molar-refractivity contribution is 5.57. The van der Waals surface area contributed by atoms with Crippen molar-refractivity contribution in [3.63, 3.8) is 0 Å². The van der Waals surface area contributed by atoms with Gasteiger partial charge in [-0.1, -0.05) is 6.07 Å². The van der Waals surface area contributed by atoms with Crippen LogP contribution in [0.2, 0.25) is 0 Å². The number of benzene rings is 1. The molecule has 0 atom stereocenters. The quantitative estimate of drug-likeness (QED) is 0.752. The van der Waals surface area contributed by atoms with Gasteiger partial charge in [0.25, 0.3) is 0 Å². The molecule has 1 heterocycles. The Hall–Kier alpha value is -1.64. The van der Waals surface area contributed by atoms with E-state index >= 15 is 0 Å². The molecule has 2 nitrogen and oxygen atoms in total. The van der Waals surface area contributed by atoms with Crippen LogP contribution in [-0.2, 0) is 0 Å². The highest BCUT2D eigenvalue weighted by atomic mass is 19.1. The molecule has 1 aliphatic rings. The van der Waals surface area contributed by atoms with Gasteiger partial charge in [0.15, 0.2) is 0 Å². The number of aryl methyl sites for hydroxylation is 1. The second kappa shape index (κ2) is 3.44. The Kier molecular flexibility index (Phi) is 2.06. The molecule has 1 fully saturated rings. The van der Waals surface area contributed by atoms with E-state index < -0.39 is 0 Å². The molecule has 3 heteroatoms. The van der Waals surface area contributed by atoms with Gasteiger partial charge in [-0.2, -0.15) is 0 Å². The topological polar surface area (TPSA) is 17.8 Å². The van der Waals surface area contributed by atoms with E-state index in [4.69, 9.17) is 0 Å². The largest absolute Gasteiger partial charge is 0.328 e. The lowest BCUT2D eigenvalue weighted by atomic mass is 10.1. The van der Waals surface area contributed by atoms with Crippen molar-refractivity contribution >= 4 is 0 Å². The molecule has 1 aliphatic carbocycles. The maximum Gasteiger partial charge on any atom is 0.143 e. The van der Waals surface area contributed by atoms with Gasteiger partial charge in [0.2, 0.25) is 0 Å². The van der Waals surface area contributed by atoms with Crippen LogP contribution in [0.3, 0.4) is 0 Å². The smallest absolute Gasteiger partial charge is 0.143 e. The van der Waals surface area contributed by atoms with Crippen molar-refractivity contribution in [2.45, 2.75) is 25.8 Å². The fourth-order valence-corrected chi connectivity index (χ4v) is 1.97. The van der Waals surface area contributed by atoms with Gasteiger partial charge in [0, 0.05) is 18.4 Å². The summed E-state index contributed by atoms with van der Waals surface area (Å²) < 4.78 is 15.9. The SMILES string of the molecule is Cc1ccc(-c2nccn2C2CC2)c(F)c1. The first-order valence-corrected chi connectivity index (χ1v) is 5.55. The molecule has 82 valence electrons. The van der Waals surface area contributed by atoms with Gasteiger partial charge in [-0.3, -0.25) is 0 Å². The molecule has 0 unspecified atom stereocenters. The number of aromatic nitrogens is 2. The molecular weight excluding hydrogens is 203 g/mol. The van der Waals surface area contributed by atoms with Crippen LogP contribution in [0.1, 0.15) is 24.4 Å². The van der Waals surface area contributed by atoms with Crippen molar-refractivity contribution < 1.29 is 4.39 Å². The van der Waals surface area contributed by atoms with Crippen molar-refractivity contribution in [1.82, 2.24) is 9.55 Å². The molecule has 0 amide bonds. The van der Waals surface area contributed by atoms with E-state index in [0.29, 0.717) is 11.6 Å². The van der Waals surface area contributed by atoms with Crippen molar-refractivity contribution in [2.24, 2.45) is 0 Å². The van der Waals surface area contributed by atoms with E-state index in [1.54, 1.807) is 12.3 Å². The maximum absolute atomic E-state index is 13.8. The molecule has 1 aromatic carbocycles. The lowest BCUT2D eigenvalue weighted by Gasteiger charge is -2.07. The Morgan fingerprint density at radius 1 is 1.38 bits per heavy atom. The standard InChI is InChI=1S/C13H13FN2/c1-9-2-5-11(12(14)8-9)13-15-6-7-16(13)10-3-4-10/h2,5-8,10H,3-4H2,1H3. The molecule has 1 saturated carbocycles. The number of rotatable bonds is 2. The third-order valence-corrected chi connectivity index (χ3v) is 2.97. The van der Waals surface area contributed by atoms with Gasteiger partial charge < -0.3 is 4.57 Å². The second-order valence-corrected chi connectivity index (χ2v) is 4.37. The van der Waals surface area contributed by atoms with Crippen molar-refractivity contribution in [1.29, 1.82) is 0 Å². The number of imidazole rings is 1. The normalized spacial score (nSPS) is 15.4. The summed E-state index contributed by atoms with van der Waals surface area (Å²) in [5.41, 5.74) is 1.54. The minimum atomic E-state index is -0.187. The zero-order valence-corrected chi connectivity index (χ0v) is 9.15. The van der Waals surface area contributed by atoms with Crippen LogP contribution in [0.5, 0.6) is 0 Å². The van der Waals surface area contributed by atoms with Crippen LogP contribution in [0.4, 0.5) is 4.39 Å².